The number of ether oxygens (including phenoxy) is 1. The van der Waals surface area contributed by atoms with Gasteiger partial charge in [0.15, 0.2) is 0 Å². The van der Waals surface area contributed by atoms with Crippen LogP contribution in [0.4, 0.5) is 5.00 Å². The second kappa shape index (κ2) is 5.71. The first-order chi connectivity index (χ1) is 9.34. The molecule has 1 aromatic rings. The molecule has 1 heterocycles. The van der Waals surface area contributed by atoms with Crippen LogP contribution in [0.2, 0.25) is 0 Å². The van der Waals surface area contributed by atoms with E-state index < -0.39 is 16.2 Å². The van der Waals surface area contributed by atoms with Crippen LogP contribution in [0.1, 0.15) is 40.6 Å². The lowest BCUT2D eigenvalue weighted by Gasteiger charge is -2.09. The Morgan fingerprint density at radius 2 is 2.05 bits per heavy atom. The number of thiophene rings is 1. The van der Waals surface area contributed by atoms with E-state index in [0.717, 1.165) is 23.3 Å². The molecule has 6 nitrogen and oxygen atoms in total. The summed E-state index contributed by atoms with van der Waals surface area (Å²) in [6.07, 6.45) is 1.71. The predicted molar refractivity (Wildman–Crippen MR) is 78.4 cm³/mol. The molecule has 0 aromatic carbocycles. The van der Waals surface area contributed by atoms with Crippen LogP contribution in [0.25, 0.3) is 0 Å². The van der Waals surface area contributed by atoms with E-state index in [-0.39, 0.29) is 12.6 Å². The number of hydrogen-bond donors (Lipinski definition) is 2. The maximum Gasteiger partial charge on any atom is 0.341 e. The number of esters is 1. The Labute approximate surface area is 122 Å². The molecule has 0 amide bonds. The minimum absolute atomic E-state index is 0.0145. The van der Waals surface area contributed by atoms with Crippen molar-refractivity contribution in [3.05, 3.63) is 16.0 Å². The Kier molecular flexibility index (Phi) is 4.36. The smallest absolute Gasteiger partial charge is 0.341 e. The van der Waals surface area contributed by atoms with Crippen LogP contribution < -0.4 is 9.44 Å². The summed E-state index contributed by atoms with van der Waals surface area (Å²) < 4.78 is 33.8. The zero-order chi connectivity index (χ0) is 14.9. The van der Waals surface area contributed by atoms with Crippen molar-refractivity contribution in [3.63, 3.8) is 0 Å². The monoisotopic (exact) mass is 318 g/mol. The minimum atomic E-state index is -3.64. The fourth-order valence-corrected chi connectivity index (χ4v) is 4.20. The molecule has 1 fully saturated rings. The van der Waals surface area contributed by atoms with Gasteiger partial charge >= 0.3 is 5.97 Å². The third-order valence-corrected chi connectivity index (χ3v) is 5.36. The fraction of sp³-hybridized carbons (Fsp3) is 0.583. The Bertz CT molecular complexity index is 618. The molecule has 0 unspecified atom stereocenters. The van der Waals surface area contributed by atoms with Gasteiger partial charge in [-0.05, 0) is 39.2 Å². The van der Waals surface area contributed by atoms with E-state index in [9.17, 15) is 13.2 Å². The molecule has 0 spiro atoms. The van der Waals surface area contributed by atoms with E-state index in [1.165, 1.54) is 11.3 Å². The van der Waals surface area contributed by atoms with Crippen molar-refractivity contribution in [2.75, 3.05) is 11.3 Å². The van der Waals surface area contributed by atoms with Crippen molar-refractivity contribution in [3.8, 4) is 0 Å². The van der Waals surface area contributed by atoms with Crippen molar-refractivity contribution in [1.82, 2.24) is 4.72 Å². The summed E-state index contributed by atoms with van der Waals surface area (Å²) in [6, 6.07) is 0.0145. The molecule has 0 atom stereocenters. The summed E-state index contributed by atoms with van der Waals surface area (Å²) >= 11 is 1.24. The summed E-state index contributed by atoms with van der Waals surface area (Å²) in [5.41, 5.74) is 1.05. The predicted octanol–water partition coefficient (Wildman–Crippen LogP) is 1.95. The van der Waals surface area contributed by atoms with E-state index in [0.29, 0.717) is 10.6 Å². The van der Waals surface area contributed by atoms with Crippen molar-refractivity contribution in [2.24, 2.45) is 0 Å². The third kappa shape index (κ3) is 3.50. The van der Waals surface area contributed by atoms with E-state index in [2.05, 4.69) is 9.44 Å². The van der Waals surface area contributed by atoms with Crippen molar-refractivity contribution in [1.29, 1.82) is 0 Å². The highest BCUT2D eigenvalue weighted by atomic mass is 32.2. The third-order valence-electron chi connectivity index (χ3n) is 2.99. The van der Waals surface area contributed by atoms with Crippen LogP contribution in [0.5, 0.6) is 0 Å². The number of carbonyl (C=O) groups excluding carboxylic acids is 1. The number of hydrogen-bond acceptors (Lipinski definition) is 5. The maximum absolute atomic E-state index is 11.9. The van der Waals surface area contributed by atoms with Gasteiger partial charge in [-0.1, -0.05) is 0 Å². The average Bonchev–Trinajstić information content (AvgIpc) is 3.06. The van der Waals surface area contributed by atoms with E-state index in [1.54, 1.807) is 13.8 Å². The molecule has 112 valence electrons. The first kappa shape index (κ1) is 15.3. The Hall–Kier alpha value is -1.12. The van der Waals surface area contributed by atoms with E-state index in [1.807, 2.05) is 6.92 Å². The molecule has 0 aliphatic heterocycles. The molecule has 1 aliphatic rings. The minimum Gasteiger partial charge on any atom is -0.462 e. The molecule has 2 rings (SSSR count). The molecule has 20 heavy (non-hydrogen) atoms. The summed E-state index contributed by atoms with van der Waals surface area (Å²) in [6.45, 7) is 5.59. The molecule has 1 aromatic heterocycles. The molecule has 8 heteroatoms. The standard InChI is InChI=1S/C12H18N2O4S2/c1-4-18-12(15)10-7(2)8(3)19-11(10)14-20(16,17)13-9-5-6-9/h9,13-14H,4-6H2,1-3H3. The van der Waals surface area contributed by atoms with Crippen LogP contribution in [0.15, 0.2) is 0 Å². The molecular formula is C12H18N2O4S2. The van der Waals surface area contributed by atoms with Gasteiger partial charge in [0.1, 0.15) is 5.00 Å². The van der Waals surface area contributed by atoms with E-state index in [4.69, 9.17) is 4.74 Å². The van der Waals surface area contributed by atoms with Crippen LogP contribution in [0.3, 0.4) is 0 Å². The Morgan fingerprint density at radius 3 is 2.60 bits per heavy atom. The van der Waals surface area contributed by atoms with Gasteiger partial charge in [-0.25, -0.2) is 4.79 Å². The Morgan fingerprint density at radius 1 is 1.40 bits per heavy atom. The number of aryl methyl sites for hydroxylation is 1. The van der Waals surface area contributed by atoms with Gasteiger partial charge in [0.2, 0.25) is 0 Å². The molecule has 0 radical (unpaired) electrons. The largest absolute Gasteiger partial charge is 0.462 e. The molecule has 0 bridgehead atoms. The lowest BCUT2D eigenvalue weighted by atomic mass is 10.2. The van der Waals surface area contributed by atoms with Gasteiger partial charge in [0.05, 0.1) is 12.2 Å². The first-order valence-corrected chi connectivity index (χ1v) is 8.71. The van der Waals surface area contributed by atoms with Crippen LogP contribution in [-0.2, 0) is 14.9 Å². The molecule has 1 aliphatic carbocycles. The van der Waals surface area contributed by atoms with Gasteiger partial charge in [-0.2, -0.15) is 13.1 Å². The molecule has 2 N–H and O–H groups in total. The van der Waals surface area contributed by atoms with Crippen LogP contribution in [0, 0.1) is 13.8 Å². The van der Waals surface area contributed by atoms with Crippen LogP contribution in [-0.4, -0.2) is 27.0 Å². The lowest BCUT2D eigenvalue weighted by molar-refractivity contribution is 0.0527. The van der Waals surface area contributed by atoms with Gasteiger partial charge in [-0.3, -0.25) is 4.72 Å². The number of carbonyl (C=O) groups is 1. The highest BCUT2D eigenvalue weighted by Crippen LogP contribution is 2.33. The summed E-state index contributed by atoms with van der Waals surface area (Å²) in [5.74, 6) is -0.501. The van der Waals surface area contributed by atoms with Crippen molar-refractivity contribution in [2.45, 2.75) is 39.7 Å². The van der Waals surface area contributed by atoms with Gasteiger partial charge in [0.25, 0.3) is 10.2 Å². The average molecular weight is 318 g/mol. The zero-order valence-corrected chi connectivity index (χ0v) is 13.3. The summed E-state index contributed by atoms with van der Waals surface area (Å²) in [4.78, 5) is 12.8. The highest BCUT2D eigenvalue weighted by Gasteiger charge is 2.29. The van der Waals surface area contributed by atoms with Crippen molar-refractivity contribution < 1.29 is 17.9 Å². The number of anilines is 1. The van der Waals surface area contributed by atoms with E-state index >= 15 is 0 Å². The maximum atomic E-state index is 11.9. The van der Waals surface area contributed by atoms with Crippen molar-refractivity contribution >= 4 is 32.5 Å². The Balaban J connectivity index is 2.26. The second-order valence-electron chi connectivity index (χ2n) is 4.71. The number of rotatable bonds is 6. The second-order valence-corrected chi connectivity index (χ2v) is 7.38. The quantitative estimate of drug-likeness (QED) is 0.785. The molecular weight excluding hydrogens is 300 g/mol. The summed E-state index contributed by atoms with van der Waals surface area (Å²) in [5, 5.41) is 0.312. The van der Waals surface area contributed by atoms with Gasteiger partial charge in [0, 0.05) is 10.9 Å². The molecule has 0 saturated heterocycles. The molecule has 1 saturated carbocycles. The van der Waals surface area contributed by atoms with Gasteiger partial charge < -0.3 is 4.74 Å². The highest BCUT2D eigenvalue weighted by molar-refractivity contribution is 7.91. The first-order valence-electron chi connectivity index (χ1n) is 6.41. The zero-order valence-electron chi connectivity index (χ0n) is 11.6. The lowest BCUT2D eigenvalue weighted by Crippen LogP contribution is -2.32. The van der Waals surface area contributed by atoms with Crippen LogP contribution >= 0.6 is 11.3 Å². The normalized spacial score (nSPS) is 15.2. The van der Waals surface area contributed by atoms with Gasteiger partial charge in [-0.15, -0.1) is 11.3 Å². The fourth-order valence-electron chi connectivity index (χ4n) is 1.72. The SMILES string of the molecule is CCOC(=O)c1c(NS(=O)(=O)NC2CC2)sc(C)c1C. The topological polar surface area (TPSA) is 84.5 Å². The number of nitrogens with one attached hydrogen (secondary N) is 2. The summed E-state index contributed by atoms with van der Waals surface area (Å²) in [7, 11) is -3.64.